The molecule has 1 fully saturated rings. The number of carbonyl (C=O) groups is 2. The first kappa shape index (κ1) is 20.9. The molecule has 1 aromatic heterocycles. The van der Waals surface area contributed by atoms with Crippen molar-refractivity contribution in [3.05, 3.63) is 45.1 Å². The number of carbonyl (C=O) groups excluding carboxylic acids is 2. The zero-order valence-corrected chi connectivity index (χ0v) is 19.0. The summed E-state index contributed by atoms with van der Waals surface area (Å²) in [7, 11) is 0. The van der Waals surface area contributed by atoms with Crippen LogP contribution in [0.2, 0.25) is 0 Å². The van der Waals surface area contributed by atoms with Gasteiger partial charge in [0.05, 0.1) is 8.66 Å². The standard InChI is InChI=1S/C21H26BrN3O2S/c1-13-5-6-14(2)25(13)16-9-7-15(8-10-16)23-20(27)21(3,4)24-19(26)17-11-12-18(22)28-17/h7-14H,5-6H2,1-4H3,(H,23,27)(H,24,26). The lowest BCUT2D eigenvalue weighted by Crippen LogP contribution is -2.52. The van der Waals surface area contributed by atoms with Crippen LogP contribution in [0.5, 0.6) is 0 Å². The summed E-state index contributed by atoms with van der Waals surface area (Å²) in [6.45, 7) is 7.89. The second-order valence-electron chi connectivity index (χ2n) is 7.87. The molecule has 1 aliphatic rings. The first-order chi connectivity index (χ1) is 13.2. The third kappa shape index (κ3) is 4.58. The SMILES string of the molecule is CC1CCC(C)N1c1ccc(NC(=O)C(C)(C)NC(=O)c2ccc(Br)s2)cc1. The highest BCUT2D eigenvalue weighted by atomic mass is 79.9. The first-order valence-electron chi connectivity index (χ1n) is 9.45. The zero-order valence-electron chi connectivity index (χ0n) is 16.6. The fourth-order valence-electron chi connectivity index (χ4n) is 3.55. The van der Waals surface area contributed by atoms with E-state index in [9.17, 15) is 9.59 Å². The second kappa shape index (κ2) is 8.25. The van der Waals surface area contributed by atoms with Gasteiger partial charge >= 0.3 is 0 Å². The van der Waals surface area contributed by atoms with Crippen molar-refractivity contribution in [3.8, 4) is 0 Å². The molecule has 2 heterocycles. The van der Waals surface area contributed by atoms with Crippen LogP contribution in [0.3, 0.4) is 0 Å². The van der Waals surface area contributed by atoms with Gasteiger partial charge in [-0.1, -0.05) is 0 Å². The van der Waals surface area contributed by atoms with E-state index in [0.29, 0.717) is 17.0 Å². The largest absolute Gasteiger partial charge is 0.366 e. The Balaban J connectivity index is 1.64. The number of thiophene rings is 1. The molecule has 7 heteroatoms. The highest BCUT2D eigenvalue weighted by Gasteiger charge is 2.31. The number of hydrogen-bond acceptors (Lipinski definition) is 4. The van der Waals surface area contributed by atoms with Gasteiger partial charge in [0.25, 0.3) is 5.91 Å². The molecular formula is C21H26BrN3O2S. The van der Waals surface area contributed by atoms with Crippen LogP contribution in [0.25, 0.3) is 0 Å². The van der Waals surface area contributed by atoms with Crippen molar-refractivity contribution in [2.75, 3.05) is 10.2 Å². The zero-order chi connectivity index (χ0) is 20.5. The predicted molar refractivity (Wildman–Crippen MR) is 119 cm³/mol. The summed E-state index contributed by atoms with van der Waals surface area (Å²) in [4.78, 5) is 28.1. The molecule has 28 heavy (non-hydrogen) atoms. The Morgan fingerprint density at radius 3 is 2.21 bits per heavy atom. The molecule has 0 spiro atoms. The maximum absolute atomic E-state index is 12.7. The van der Waals surface area contributed by atoms with E-state index in [-0.39, 0.29) is 11.8 Å². The lowest BCUT2D eigenvalue weighted by atomic mass is 10.0. The average molecular weight is 464 g/mol. The molecule has 0 aliphatic carbocycles. The molecule has 0 radical (unpaired) electrons. The highest BCUT2D eigenvalue weighted by Crippen LogP contribution is 2.31. The second-order valence-corrected chi connectivity index (χ2v) is 10.3. The Labute approximate surface area is 178 Å². The van der Waals surface area contributed by atoms with E-state index >= 15 is 0 Å². The normalized spacial score (nSPS) is 19.5. The molecule has 5 nitrogen and oxygen atoms in total. The van der Waals surface area contributed by atoms with Gasteiger partial charge in [-0.2, -0.15) is 0 Å². The summed E-state index contributed by atoms with van der Waals surface area (Å²) in [5.41, 5.74) is 0.852. The fraction of sp³-hybridized carbons (Fsp3) is 0.429. The van der Waals surface area contributed by atoms with Crippen molar-refractivity contribution in [2.24, 2.45) is 0 Å². The smallest absolute Gasteiger partial charge is 0.262 e. The van der Waals surface area contributed by atoms with Crippen molar-refractivity contribution < 1.29 is 9.59 Å². The van der Waals surface area contributed by atoms with Crippen molar-refractivity contribution >= 4 is 50.5 Å². The summed E-state index contributed by atoms with van der Waals surface area (Å²) in [6.07, 6.45) is 2.41. The summed E-state index contributed by atoms with van der Waals surface area (Å²) in [5, 5.41) is 5.71. The Hall–Kier alpha value is -1.86. The van der Waals surface area contributed by atoms with Gasteiger partial charge in [0.1, 0.15) is 5.54 Å². The van der Waals surface area contributed by atoms with E-state index in [0.717, 1.165) is 9.47 Å². The Bertz CT molecular complexity index is 853. The van der Waals surface area contributed by atoms with Gasteiger partial charge in [0, 0.05) is 23.5 Å². The number of hydrogen-bond donors (Lipinski definition) is 2. The Kier molecular flexibility index (Phi) is 6.15. The van der Waals surface area contributed by atoms with Crippen molar-refractivity contribution in [2.45, 2.75) is 58.2 Å². The van der Waals surface area contributed by atoms with Crippen LogP contribution >= 0.6 is 27.3 Å². The van der Waals surface area contributed by atoms with Gasteiger partial charge < -0.3 is 15.5 Å². The van der Waals surface area contributed by atoms with E-state index < -0.39 is 5.54 Å². The molecule has 3 rings (SSSR count). The Morgan fingerprint density at radius 2 is 1.68 bits per heavy atom. The van der Waals surface area contributed by atoms with Crippen LogP contribution in [0.1, 0.15) is 50.2 Å². The first-order valence-corrected chi connectivity index (χ1v) is 11.1. The van der Waals surface area contributed by atoms with Crippen LogP contribution in [-0.4, -0.2) is 29.4 Å². The third-order valence-corrected chi connectivity index (χ3v) is 6.79. The molecule has 2 aromatic rings. The number of amides is 2. The average Bonchev–Trinajstić information content (AvgIpc) is 3.21. The van der Waals surface area contributed by atoms with E-state index in [4.69, 9.17) is 0 Å². The van der Waals surface area contributed by atoms with Crippen molar-refractivity contribution in [1.82, 2.24) is 5.32 Å². The maximum atomic E-state index is 12.7. The molecule has 1 aromatic carbocycles. The molecule has 2 N–H and O–H groups in total. The Morgan fingerprint density at radius 1 is 1.07 bits per heavy atom. The van der Waals surface area contributed by atoms with E-state index in [2.05, 4.69) is 45.3 Å². The van der Waals surface area contributed by atoms with Gasteiger partial charge in [-0.15, -0.1) is 11.3 Å². The number of rotatable bonds is 5. The molecule has 0 saturated carbocycles. The van der Waals surface area contributed by atoms with Crippen LogP contribution in [-0.2, 0) is 4.79 Å². The quantitative estimate of drug-likeness (QED) is 0.652. The predicted octanol–water partition coefficient (Wildman–Crippen LogP) is 5.03. The molecule has 1 saturated heterocycles. The van der Waals surface area contributed by atoms with Gasteiger partial charge in [0.15, 0.2) is 0 Å². The minimum atomic E-state index is -1.04. The summed E-state index contributed by atoms with van der Waals surface area (Å²) in [5.74, 6) is -0.518. The van der Waals surface area contributed by atoms with E-state index in [1.54, 1.807) is 19.9 Å². The summed E-state index contributed by atoms with van der Waals surface area (Å²) >= 11 is 4.68. The van der Waals surface area contributed by atoms with Crippen molar-refractivity contribution in [3.63, 3.8) is 0 Å². The molecular weight excluding hydrogens is 438 g/mol. The maximum Gasteiger partial charge on any atom is 0.262 e. The van der Waals surface area contributed by atoms with Crippen LogP contribution in [0, 0.1) is 0 Å². The van der Waals surface area contributed by atoms with Crippen LogP contribution in [0.4, 0.5) is 11.4 Å². The highest BCUT2D eigenvalue weighted by molar-refractivity contribution is 9.11. The number of anilines is 2. The van der Waals surface area contributed by atoms with Crippen molar-refractivity contribution in [1.29, 1.82) is 0 Å². The summed E-state index contributed by atoms with van der Waals surface area (Å²) in [6, 6.07) is 12.5. The van der Waals surface area contributed by atoms with Gasteiger partial charge in [0.2, 0.25) is 5.91 Å². The number of nitrogens with one attached hydrogen (secondary N) is 2. The molecule has 150 valence electrons. The minimum Gasteiger partial charge on any atom is -0.366 e. The molecule has 1 aliphatic heterocycles. The molecule has 2 atom stereocenters. The number of halogens is 1. The number of benzene rings is 1. The third-order valence-electron chi connectivity index (χ3n) is 5.17. The molecule has 2 unspecified atom stereocenters. The fourth-order valence-corrected chi connectivity index (χ4v) is 4.83. The molecule has 0 bridgehead atoms. The van der Waals surface area contributed by atoms with E-state index in [1.165, 1.54) is 29.9 Å². The monoisotopic (exact) mass is 463 g/mol. The number of nitrogens with zero attached hydrogens (tertiary/aromatic N) is 1. The van der Waals surface area contributed by atoms with Crippen LogP contribution in [0.15, 0.2) is 40.2 Å². The topological polar surface area (TPSA) is 61.4 Å². The van der Waals surface area contributed by atoms with Gasteiger partial charge in [-0.25, -0.2) is 0 Å². The lowest BCUT2D eigenvalue weighted by Gasteiger charge is -2.29. The van der Waals surface area contributed by atoms with Gasteiger partial charge in [-0.05, 0) is 92.9 Å². The van der Waals surface area contributed by atoms with Gasteiger partial charge in [-0.3, -0.25) is 9.59 Å². The van der Waals surface area contributed by atoms with E-state index in [1.807, 2.05) is 30.3 Å². The summed E-state index contributed by atoms with van der Waals surface area (Å²) < 4.78 is 0.877. The molecule has 2 amide bonds. The lowest BCUT2D eigenvalue weighted by molar-refractivity contribution is -0.120. The minimum absolute atomic E-state index is 0.257. The van der Waals surface area contributed by atoms with Crippen LogP contribution < -0.4 is 15.5 Å².